The van der Waals surface area contributed by atoms with E-state index < -0.39 is 0 Å². The molecule has 5 rings (SSSR count). The van der Waals surface area contributed by atoms with Gasteiger partial charge in [-0.25, -0.2) is 0 Å². The Kier molecular flexibility index (Phi) is 9.76. The maximum Gasteiger partial charge on any atom is 0.238 e. The molecular formula is C38H39O2S2+. The Hall–Kier alpha value is -3.47. The molecular weight excluding hydrogens is 553 g/mol. The number of aryl methyl sites for hydroxylation is 1. The predicted molar refractivity (Wildman–Crippen MR) is 182 cm³/mol. The lowest BCUT2D eigenvalue weighted by Gasteiger charge is -2.26. The standard InChI is InChI=1S/C38H38O2S2/c1-5-7-19-31-21-29(23-33(41-31)27-15-11-9-12-16-27)25(3)35-37(39)36(38(35)40)26(4)30-22-32(20-8-6-2)42-34(24-30)28-17-13-10-14-18-28/h9-18,21-24H,5-8,19-20H2,1-4H3/p+1. The van der Waals surface area contributed by atoms with Crippen molar-refractivity contribution in [2.45, 2.75) is 66.2 Å². The van der Waals surface area contributed by atoms with Crippen molar-refractivity contribution in [3.63, 3.8) is 0 Å². The summed E-state index contributed by atoms with van der Waals surface area (Å²) in [6.07, 6.45) is 10.9. The van der Waals surface area contributed by atoms with Gasteiger partial charge >= 0.3 is 0 Å². The van der Waals surface area contributed by atoms with Crippen LogP contribution in [0.15, 0.2) is 118 Å². The highest BCUT2D eigenvalue weighted by molar-refractivity contribution is 8.11. The van der Waals surface area contributed by atoms with E-state index in [9.17, 15) is 9.90 Å². The lowest BCUT2D eigenvalue weighted by Crippen LogP contribution is -2.24. The fraction of sp³-hybridized carbons (Fsp3) is 0.263. The summed E-state index contributed by atoms with van der Waals surface area (Å²) in [5, 5.41) is 11.4. The molecule has 0 radical (unpaired) electrons. The number of rotatable bonds is 10. The summed E-state index contributed by atoms with van der Waals surface area (Å²) >= 11 is 3.62. The fourth-order valence-electron chi connectivity index (χ4n) is 5.37. The normalized spacial score (nSPS) is 17.5. The number of aliphatic hydroxyl groups excluding tert-OH is 1. The van der Waals surface area contributed by atoms with E-state index in [1.165, 1.54) is 30.7 Å². The van der Waals surface area contributed by atoms with Gasteiger partial charge in [0, 0.05) is 29.0 Å². The molecule has 42 heavy (non-hydrogen) atoms. The highest BCUT2D eigenvalue weighted by Gasteiger charge is 2.37. The van der Waals surface area contributed by atoms with E-state index in [2.05, 4.69) is 86.7 Å². The first kappa shape index (κ1) is 30.0. The summed E-state index contributed by atoms with van der Waals surface area (Å²) in [7, 11) is 0. The largest absolute Gasteiger partial charge is 0.506 e. The number of carbonyl (C=O) groups is 1. The van der Waals surface area contributed by atoms with E-state index in [1.54, 1.807) is 0 Å². The zero-order valence-corrected chi connectivity index (χ0v) is 26.6. The van der Waals surface area contributed by atoms with Crippen LogP contribution < -0.4 is 0 Å². The molecule has 1 aliphatic heterocycles. The highest BCUT2D eigenvalue weighted by Crippen LogP contribution is 2.45. The van der Waals surface area contributed by atoms with Gasteiger partial charge in [-0.15, -0.1) is 0 Å². The Balaban J connectivity index is 1.56. The van der Waals surface area contributed by atoms with E-state index in [1.807, 2.05) is 49.1 Å². The molecule has 0 amide bonds. The molecule has 0 spiro atoms. The first-order valence-corrected chi connectivity index (χ1v) is 16.6. The average molecular weight is 592 g/mol. The number of Topliss-reactive ketones (excluding diaryl/α,β-unsaturated/α-hetero) is 1. The van der Waals surface area contributed by atoms with Gasteiger partial charge in [-0.1, -0.05) is 87.0 Å². The molecule has 3 aromatic rings. The third-order valence-electron chi connectivity index (χ3n) is 7.90. The Morgan fingerprint density at radius 3 is 2.10 bits per heavy atom. The summed E-state index contributed by atoms with van der Waals surface area (Å²) in [5.74, 6) is 0.0399. The summed E-state index contributed by atoms with van der Waals surface area (Å²) in [4.78, 5) is 18.7. The van der Waals surface area contributed by atoms with Crippen molar-refractivity contribution >= 4 is 39.4 Å². The number of ketones is 1. The van der Waals surface area contributed by atoms with Gasteiger partial charge in [0.25, 0.3) is 0 Å². The van der Waals surface area contributed by atoms with Crippen LogP contribution in [-0.2, 0) is 11.2 Å². The zero-order chi connectivity index (χ0) is 29.6. The molecule has 2 aromatic carbocycles. The van der Waals surface area contributed by atoms with Gasteiger partial charge in [-0.2, -0.15) is 0 Å². The maximum absolute atomic E-state index is 13.7. The molecule has 0 atom stereocenters. The number of hydrogen-bond acceptors (Lipinski definition) is 3. The van der Waals surface area contributed by atoms with Gasteiger partial charge < -0.3 is 5.11 Å². The van der Waals surface area contributed by atoms with E-state index in [0.717, 1.165) is 60.8 Å². The average Bonchev–Trinajstić information content (AvgIpc) is 3.03. The Bertz CT molecular complexity index is 1640. The number of unbranched alkanes of at least 4 members (excludes halogenated alkanes) is 2. The van der Waals surface area contributed by atoms with Crippen LogP contribution in [-0.4, -0.2) is 10.9 Å². The molecule has 0 bridgehead atoms. The van der Waals surface area contributed by atoms with Gasteiger partial charge in [-0.05, 0) is 90.1 Å². The van der Waals surface area contributed by atoms with E-state index in [-0.39, 0.29) is 11.5 Å². The van der Waals surface area contributed by atoms with Crippen molar-refractivity contribution in [1.82, 2.24) is 0 Å². The van der Waals surface area contributed by atoms with E-state index in [0.29, 0.717) is 11.1 Å². The molecule has 0 saturated heterocycles. The van der Waals surface area contributed by atoms with Gasteiger partial charge in [0.15, 0.2) is 0 Å². The van der Waals surface area contributed by atoms with Crippen LogP contribution in [0.4, 0.5) is 0 Å². The molecule has 4 heteroatoms. The Labute approximate surface area is 258 Å². The van der Waals surface area contributed by atoms with Crippen molar-refractivity contribution in [3.05, 3.63) is 134 Å². The van der Waals surface area contributed by atoms with Gasteiger partial charge in [0.1, 0.15) is 5.76 Å². The van der Waals surface area contributed by atoms with Crippen LogP contribution >= 0.6 is 23.1 Å². The van der Waals surface area contributed by atoms with Crippen molar-refractivity contribution in [1.29, 1.82) is 0 Å². The SMILES string of the molecule is CCCCC1=C/C(=C(/C)C2=C(O)/C(=C(\C)c3cc(CCCC)[s+]c(-c4ccccc4)c3)C2=O)C=C(c2ccccc2)S1. The number of thioether (sulfide) groups is 1. The molecule has 0 unspecified atom stereocenters. The third-order valence-corrected chi connectivity index (χ3v) is 10.2. The summed E-state index contributed by atoms with van der Waals surface area (Å²) in [5.41, 5.74) is 6.88. The molecule has 2 nitrogen and oxygen atoms in total. The van der Waals surface area contributed by atoms with Crippen LogP contribution in [0.1, 0.15) is 75.8 Å². The van der Waals surface area contributed by atoms with Crippen molar-refractivity contribution < 1.29 is 9.90 Å². The molecule has 0 fully saturated rings. The van der Waals surface area contributed by atoms with Gasteiger partial charge in [0.05, 0.1) is 11.1 Å². The molecule has 0 saturated carbocycles. The van der Waals surface area contributed by atoms with Crippen LogP contribution in [0.2, 0.25) is 0 Å². The minimum Gasteiger partial charge on any atom is -0.506 e. The quantitative estimate of drug-likeness (QED) is 0.188. The van der Waals surface area contributed by atoms with Gasteiger partial charge in [0.2, 0.25) is 26.9 Å². The van der Waals surface area contributed by atoms with E-state index in [4.69, 9.17) is 0 Å². The summed E-state index contributed by atoms with van der Waals surface area (Å²) in [6.45, 7) is 8.35. The van der Waals surface area contributed by atoms with Crippen LogP contribution in [0.5, 0.6) is 0 Å². The number of hydrogen-bond donors (Lipinski definition) is 1. The molecule has 1 aromatic heterocycles. The molecule has 2 aliphatic rings. The minimum absolute atomic E-state index is 0.0738. The highest BCUT2D eigenvalue weighted by atomic mass is 32.2. The number of allylic oxidation sites excluding steroid dienone is 8. The van der Waals surface area contributed by atoms with Crippen LogP contribution in [0.3, 0.4) is 0 Å². The second-order valence-corrected chi connectivity index (χ2v) is 13.3. The fourth-order valence-corrected chi connectivity index (χ4v) is 7.68. The van der Waals surface area contributed by atoms with Gasteiger partial charge in [-0.3, -0.25) is 4.79 Å². The maximum atomic E-state index is 13.7. The smallest absolute Gasteiger partial charge is 0.238 e. The first-order chi connectivity index (χ1) is 20.4. The zero-order valence-electron chi connectivity index (χ0n) is 25.0. The predicted octanol–water partition coefficient (Wildman–Crippen LogP) is 11.4. The Morgan fingerprint density at radius 1 is 0.810 bits per heavy atom. The summed E-state index contributed by atoms with van der Waals surface area (Å²) < 4.78 is 0. The monoisotopic (exact) mass is 591 g/mol. The van der Waals surface area contributed by atoms with E-state index >= 15 is 0 Å². The van der Waals surface area contributed by atoms with Crippen molar-refractivity contribution in [2.24, 2.45) is 0 Å². The molecule has 2 heterocycles. The minimum atomic E-state index is -0.0738. The second kappa shape index (κ2) is 13.7. The lowest BCUT2D eigenvalue weighted by molar-refractivity contribution is -0.113. The first-order valence-electron chi connectivity index (χ1n) is 15.0. The van der Waals surface area contributed by atoms with Crippen LogP contribution in [0, 0.1) is 0 Å². The molecule has 1 N–H and O–H groups in total. The second-order valence-electron chi connectivity index (χ2n) is 11.0. The number of aliphatic hydroxyl groups is 1. The molecule has 1 aliphatic carbocycles. The number of carbonyl (C=O) groups excluding carboxylic acids is 1. The van der Waals surface area contributed by atoms with Crippen molar-refractivity contribution in [2.75, 3.05) is 0 Å². The number of benzene rings is 2. The summed E-state index contributed by atoms with van der Waals surface area (Å²) in [6, 6.07) is 25.2. The molecule has 214 valence electrons. The lowest BCUT2D eigenvalue weighted by atomic mass is 9.78. The van der Waals surface area contributed by atoms with Crippen molar-refractivity contribution in [3.8, 4) is 10.4 Å². The third kappa shape index (κ3) is 6.45. The van der Waals surface area contributed by atoms with Crippen LogP contribution in [0.25, 0.3) is 20.9 Å². The topological polar surface area (TPSA) is 37.3 Å². The Morgan fingerprint density at radius 2 is 1.45 bits per heavy atom.